The first-order chi connectivity index (χ1) is 25.9. The van der Waals surface area contributed by atoms with Crippen LogP contribution in [0.15, 0.2) is 24.3 Å². The molecule has 10 atom stereocenters. The smallest absolute Gasteiger partial charge is 0.303 e. The van der Waals surface area contributed by atoms with E-state index in [1.54, 1.807) is 0 Å². The van der Waals surface area contributed by atoms with E-state index in [1.165, 1.54) is 24.3 Å². The molecule has 0 radical (unpaired) electrons. The molecule has 1 aromatic rings. The summed E-state index contributed by atoms with van der Waals surface area (Å²) < 4.78 is 55.9. The molecular formula is C34H39NO20. The molecule has 3 aliphatic rings. The molecule has 3 aliphatic heterocycles. The predicted octanol–water partition coefficient (Wildman–Crippen LogP) is -0.166. The number of amides is 2. The number of fused-ring (bicyclic) bond motifs is 1. The average molecular weight is 782 g/mol. The minimum absolute atomic E-state index is 0.0230. The van der Waals surface area contributed by atoms with Gasteiger partial charge in [-0.15, -0.1) is 5.06 Å². The number of rotatable bonds is 13. The summed E-state index contributed by atoms with van der Waals surface area (Å²) in [6, 6.07) is 5.75. The van der Waals surface area contributed by atoms with E-state index >= 15 is 0 Å². The fraction of sp³-hybridized carbons (Fsp3) is 0.559. The van der Waals surface area contributed by atoms with Gasteiger partial charge in [-0.1, -0.05) is 12.1 Å². The summed E-state index contributed by atoms with van der Waals surface area (Å²) in [5.74, 6) is -8.26. The van der Waals surface area contributed by atoms with E-state index in [4.69, 9.17) is 52.2 Å². The van der Waals surface area contributed by atoms with E-state index in [9.17, 15) is 43.2 Å². The zero-order chi connectivity index (χ0) is 40.7. The van der Waals surface area contributed by atoms with Crippen molar-refractivity contribution in [1.82, 2.24) is 5.06 Å². The van der Waals surface area contributed by atoms with Crippen molar-refractivity contribution in [2.24, 2.45) is 0 Å². The van der Waals surface area contributed by atoms with Crippen molar-refractivity contribution in [1.29, 1.82) is 0 Å². The summed E-state index contributed by atoms with van der Waals surface area (Å²) in [6.45, 7) is 5.75. The van der Waals surface area contributed by atoms with E-state index in [-0.39, 0.29) is 11.1 Å². The lowest BCUT2D eigenvalue weighted by Crippen LogP contribution is -2.67. The topological polar surface area (TPSA) is 258 Å². The zero-order valence-electron chi connectivity index (χ0n) is 30.6. The molecule has 300 valence electrons. The minimum atomic E-state index is -1.94. The molecule has 2 amide bonds. The Kier molecular flexibility index (Phi) is 14.0. The van der Waals surface area contributed by atoms with Crippen LogP contribution in [0.1, 0.15) is 69.2 Å². The maximum atomic E-state index is 13.2. The normalized spacial score (nSPS) is 28.6. The van der Waals surface area contributed by atoms with E-state index in [1.807, 2.05) is 0 Å². The Morgan fingerprint density at radius 3 is 1.31 bits per heavy atom. The molecule has 0 unspecified atom stereocenters. The van der Waals surface area contributed by atoms with Crippen molar-refractivity contribution in [3.63, 3.8) is 0 Å². The van der Waals surface area contributed by atoms with Gasteiger partial charge in [-0.2, -0.15) is 0 Å². The molecule has 0 aliphatic carbocycles. The molecule has 2 saturated heterocycles. The molecule has 1 aromatic carbocycles. The second-order valence-corrected chi connectivity index (χ2v) is 12.2. The Balaban J connectivity index is 1.81. The monoisotopic (exact) mass is 781 g/mol. The fourth-order valence-corrected chi connectivity index (χ4v) is 5.92. The van der Waals surface area contributed by atoms with Gasteiger partial charge in [0.15, 0.2) is 36.8 Å². The Labute approximate surface area is 312 Å². The fourth-order valence-electron chi connectivity index (χ4n) is 5.92. The molecule has 0 spiro atoms. The van der Waals surface area contributed by atoms with E-state index in [2.05, 4.69) is 0 Å². The summed E-state index contributed by atoms with van der Waals surface area (Å²) >= 11 is 0. The van der Waals surface area contributed by atoms with Gasteiger partial charge in [-0.05, 0) is 12.1 Å². The van der Waals surface area contributed by atoms with Gasteiger partial charge in [-0.25, -0.2) is 4.84 Å². The van der Waals surface area contributed by atoms with Crippen LogP contribution < -0.4 is 0 Å². The van der Waals surface area contributed by atoms with E-state index < -0.39 is 128 Å². The third-order valence-electron chi connectivity index (χ3n) is 7.85. The summed E-state index contributed by atoms with van der Waals surface area (Å²) in [5, 5.41) is 0.347. The van der Waals surface area contributed by atoms with Gasteiger partial charge < -0.3 is 47.4 Å². The number of nitrogens with zero attached hydrogens (tertiary/aromatic N) is 1. The molecule has 0 N–H and O–H groups in total. The Morgan fingerprint density at radius 2 is 0.873 bits per heavy atom. The van der Waals surface area contributed by atoms with Crippen LogP contribution in [0.5, 0.6) is 0 Å². The van der Waals surface area contributed by atoms with Crippen LogP contribution in [-0.2, 0) is 85.8 Å². The lowest BCUT2D eigenvalue weighted by Gasteiger charge is -2.48. The van der Waals surface area contributed by atoms with Crippen molar-refractivity contribution in [2.75, 3.05) is 13.2 Å². The molecule has 3 heterocycles. The number of imide groups is 1. The number of esters is 7. The third-order valence-corrected chi connectivity index (χ3v) is 7.85. The number of hydrogen-bond donors (Lipinski definition) is 0. The van der Waals surface area contributed by atoms with E-state index in [0.717, 1.165) is 48.5 Å². The van der Waals surface area contributed by atoms with Crippen LogP contribution >= 0.6 is 0 Å². The SMILES string of the molecule is CC(=O)OC[C@H]1O[C@@H](O[C@H]2[C@H](OC(C)=O)[C@@H](OC(C)=O)[C@H](ON3C(=O)c4ccccc4C3=O)O[C@@H]2COC(C)=O)[C@H](OC(C)=O)[C@@H](OC(C)=O)[C@H]1OC(C)=O. The standard InChI is InChI=1S/C34H39NO20/c1-14(36)45-12-23-25(47-16(3)38)27(48-17(4)39)29(50-19(6)41)33(52-23)54-26-24(13-46-15(2)37)53-34(30(51-20(7)42)28(26)49-18(5)40)55-35-31(43)21-10-8-9-11-22(21)32(35)44/h8-11,23-30,33-34H,12-13H2,1-7H3/t23-,24-,25+,26-,27+,28+,29-,30-,33+,34+/m1/s1. The number of hydrogen-bond acceptors (Lipinski definition) is 20. The highest BCUT2D eigenvalue weighted by atomic mass is 16.8. The number of benzene rings is 1. The molecule has 4 rings (SSSR count). The summed E-state index contributed by atoms with van der Waals surface area (Å²) in [4.78, 5) is 118. The maximum absolute atomic E-state index is 13.2. The van der Waals surface area contributed by atoms with Crippen molar-refractivity contribution in [2.45, 2.75) is 110 Å². The minimum Gasteiger partial charge on any atom is -0.463 e. The van der Waals surface area contributed by atoms with Crippen molar-refractivity contribution >= 4 is 53.6 Å². The van der Waals surface area contributed by atoms with Crippen LogP contribution in [0.3, 0.4) is 0 Å². The Morgan fingerprint density at radius 1 is 0.509 bits per heavy atom. The van der Waals surface area contributed by atoms with Crippen molar-refractivity contribution in [3.8, 4) is 0 Å². The highest BCUT2D eigenvalue weighted by Gasteiger charge is 2.58. The van der Waals surface area contributed by atoms with Crippen molar-refractivity contribution in [3.05, 3.63) is 35.4 Å². The Hall–Kier alpha value is -5.51. The molecule has 0 aromatic heterocycles. The van der Waals surface area contributed by atoms with Crippen LogP contribution in [0.4, 0.5) is 0 Å². The zero-order valence-corrected chi connectivity index (χ0v) is 30.6. The quantitative estimate of drug-likeness (QED) is 0.143. The van der Waals surface area contributed by atoms with Crippen LogP contribution in [0.2, 0.25) is 0 Å². The highest BCUT2D eigenvalue weighted by molar-refractivity contribution is 6.20. The second kappa shape index (κ2) is 18.2. The summed E-state index contributed by atoms with van der Waals surface area (Å²) in [6.07, 6.45) is -17.4. The predicted molar refractivity (Wildman–Crippen MR) is 171 cm³/mol. The number of carbonyl (C=O) groups is 9. The third kappa shape index (κ3) is 10.6. The number of ether oxygens (including phenoxy) is 10. The molecule has 21 heteroatoms. The molecule has 2 fully saturated rings. The maximum Gasteiger partial charge on any atom is 0.303 e. The highest BCUT2D eigenvalue weighted by Crippen LogP contribution is 2.36. The van der Waals surface area contributed by atoms with Crippen LogP contribution in [0.25, 0.3) is 0 Å². The van der Waals surface area contributed by atoms with E-state index in [0.29, 0.717) is 5.06 Å². The second-order valence-electron chi connectivity index (χ2n) is 12.2. The van der Waals surface area contributed by atoms with Gasteiger partial charge >= 0.3 is 41.8 Å². The van der Waals surface area contributed by atoms with Gasteiger partial charge in [0.25, 0.3) is 11.8 Å². The van der Waals surface area contributed by atoms with Gasteiger partial charge in [0.05, 0.1) is 11.1 Å². The van der Waals surface area contributed by atoms with Crippen molar-refractivity contribution < 1.29 is 95.4 Å². The van der Waals surface area contributed by atoms with Gasteiger partial charge in [0.2, 0.25) is 6.29 Å². The first-order valence-electron chi connectivity index (χ1n) is 16.6. The number of carbonyl (C=O) groups excluding carboxylic acids is 9. The van der Waals surface area contributed by atoms with Gasteiger partial charge in [-0.3, -0.25) is 43.2 Å². The molecular weight excluding hydrogens is 742 g/mol. The van der Waals surface area contributed by atoms with Gasteiger partial charge in [0, 0.05) is 48.5 Å². The first-order valence-corrected chi connectivity index (χ1v) is 16.6. The van der Waals surface area contributed by atoms with Gasteiger partial charge in [0.1, 0.15) is 31.5 Å². The lowest BCUT2D eigenvalue weighted by atomic mass is 9.96. The summed E-state index contributed by atoms with van der Waals surface area (Å²) in [5.41, 5.74) is -0.0459. The average Bonchev–Trinajstić information content (AvgIpc) is 3.31. The first kappa shape index (κ1) is 42.2. The van der Waals surface area contributed by atoms with Crippen LogP contribution in [0, 0.1) is 0 Å². The molecule has 0 bridgehead atoms. The molecule has 21 nitrogen and oxygen atoms in total. The summed E-state index contributed by atoms with van der Waals surface area (Å²) in [7, 11) is 0. The Bertz CT molecular complexity index is 1660. The largest absolute Gasteiger partial charge is 0.463 e. The lowest BCUT2D eigenvalue weighted by molar-refractivity contribution is -0.374. The molecule has 0 saturated carbocycles. The molecule has 55 heavy (non-hydrogen) atoms. The van der Waals surface area contributed by atoms with Crippen LogP contribution in [-0.4, -0.2) is 133 Å². The number of hydroxylamine groups is 2.